The first-order valence-corrected chi connectivity index (χ1v) is 9.71. The standard InChI is InChI=1S/C22H21NO3S/c1-14-11-12-20(27-14)19(25-2)13-23-22(24)21-15-7-3-5-9-17(15)26-18-10-6-4-8-16(18)21/h3-12,19,21H,13H2,1-2H3,(H,23,24)/t19-/m0/s1. The molecule has 0 unspecified atom stereocenters. The summed E-state index contributed by atoms with van der Waals surface area (Å²) in [4.78, 5) is 15.5. The molecule has 0 fully saturated rings. The lowest BCUT2D eigenvalue weighted by atomic mass is 9.87. The maximum Gasteiger partial charge on any atom is 0.232 e. The van der Waals surface area contributed by atoms with Crippen LogP contribution in [0.25, 0.3) is 0 Å². The van der Waals surface area contributed by atoms with Crippen LogP contribution in [0, 0.1) is 6.92 Å². The van der Waals surface area contributed by atoms with E-state index in [9.17, 15) is 4.79 Å². The van der Waals surface area contributed by atoms with Gasteiger partial charge >= 0.3 is 0 Å². The molecule has 5 heteroatoms. The number of nitrogens with one attached hydrogen (secondary N) is 1. The van der Waals surface area contributed by atoms with Gasteiger partial charge in [0.1, 0.15) is 17.6 Å². The average molecular weight is 379 g/mol. The van der Waals surface area contributed by atoms with E-state index in [1.165, 1.54) is 4.88 Å². The van der Waals surface area contributed by atoms with E-state index in [0.29, 0.717) is 6.54 Å². The maximum atomic E-state index is 13.2. The minimum atomic E-state index is -0.395. The summed E-state index contributed by atoms with van der Waals surface area (Å²) in [5.41, 5.74) is 1.77. The number of benzene rings is 2. The Morgan fingerprint density at radius 2 is 1.70 bits per heavy atom. The smallest absolute Gasteiger partial charge is 0.232 e. The highest BCUT2D eigenvalue weighted by Crippen LogP contribution is 2.43. The average Bonchev–Trinajstić information content (AvgIpc) is 3.12. The number of rotatable bonds is 5. The second-order valence-electron chi connectivity index (χ2n) is 6.53. The molecule has 0 radical (unpaired) electrons. The molecule has 1 aliphatic heterocycles. The Kier molecular flexibility index (Phi) is 4.97. The van der Waals surface area contributed by atoms with Gasteiger partial charge in [-0.3, -0.25) is 4.79 Å². The van der Waals surface area contributed by atoms with E-state index in [2.05, 4.69) is 24.4 Å². The van der Waals surface area contributed by atoms with Gasteiger partial charge in [0.05, 0.1) is 5.92 Å². The molecule has 0 aliphatic carbocycles. The number of aryl methyl sites for hydroxylation is 1. The molecule has 2 heterocycles. The van der Waals surface area contributed by atoms with Crippen LogP contribution < -0.4 is 10.1 Å². The first-order chi connectivity index (χ1) is 13.2. The van der Waals surface area contributed by atoms with Crippen LogP contribution in [0.1, 0.15) is 32.9 Å². The van der Waals surface area contributed by atoms with Crippen molar-refractivity contribution in [1.29, 1.82) is 0 Å². The summed E-state index contributed by atoms with van der Waals surface area (Å²) in [6.45, 7) is 2.49. The molecule has 1 aliphatic rings. The van der Waals surface area contributed by atoms with E-state index < -0.39 is 5.92 Å². The number of para-hydroxylation sites is 2. The van der Waals surface area contributed by atoms with Crippen LogP contribution in [0.2, 0.25) is 0 Å². The van der Waals surface area contributed by atoms with E-state index in [4.69, 9.17) is 9.47 Å². The molecule has 4 nitrogen and oxygen atoms in total. The third-order valence-corrected chi connectivity index (χ3v) is 5.86. The van der Waals surface area contributed by atoms with E-state index in [1.54, 1.807) is 18.4 Å². The van der Waals surface area contributed by atoms with Crippen LogP contribution in [0.4, 0.5) is 0 Å². The number of fused-ring (bicyclic) bond motifs is 2. The molecule has 0 bridgehead atoms. The molecule has 0 spiro atoms. The predicted octanol–water partition coefficient (Wildman–Crippen LogP) is 4.80. The summed E-state index contributed by atoms with van der Waals surface area (Å²) in [6, 6.07) is 19.5. The van der Waals surface area contributed by atoms with Crippen LogP contribution in [0.3, 0.4) is 0 Å². The zero-order chi connectivity index (χ0) is 18.8. The number of hydrogen-bond donors (Lipinski definition) is 1. The molecule has 1 aromatic heterocycles. The van der Waals surface area contributed by atoms with E-state index in [1.807, 2.05) is 48.5 Å². The molecule has 1 atom stereocenters. The normalized spacial score (nSPS) is 14.0. The molecule has 2 aromatic carbocycles. The van der Waals surface area contributed by atoms with Crippen molar-refractivity contribution in [2.75, 3.05) is 13.7 Å². The number of thiophene rings is 1. The van der Waals surface area contributed by atoms with Gasteiger partial charge in [0.25, 0.3) is 0 Å². The highest BCUT2D eigenvalue weighted by molar-refractivity contribution is 7.12. The van der Waals surface area contributed by atoms with Crippen molar-refractivity contribution in [3.05, 3.63) is 81.5 Å². The van der Waals surface area contributed by atoms with Crippen LogP contribution in [0.15, 0.2) is 60.7 Å². The first-order valence-electron chi connectivity index (χ1n) is 8.90. The second kappa shape index (κ2) is 7.55. The van der Waals surface area contributed by atoms with Crippen molar-refractivity contribution in [2.45, 2.75) is 18.9 Å². The summed E-state index contributed by atoms with van der Waals surface area (Å²) in [6.07, 6.45) is -0.155. The number of hydrogen-bond acceptors (Lipinski definition) is 4. The van der Waals surface area contributed by atoms with E-state index in [-0.39, 0.29) is 12.0 Å². The maximum absolute atomic E-state index is 13.2. The SMILES string of the molecule is CO[C@@H](CNC(=O)C1c2ccccc2Oc2ccccc21)c1ccc(C)s1. The van der Waals surface area contributed by atoms with Crippen LogP contribution in [-0.2, 0) is 9.53 Å². The van der Waals surface area contributed by atoms with Crippen molar-refractivity contribution in [3.63, 3.8) is 0 Å². The lowest BCUT2D eigenvalue weighted by Gasteiger charge is -2.28. The van der Waals surface area contributed by atoms with Crippen molar-refractivity contribution in [2.24, 2.45) is 0 Å². The summed E-state index contributed by atoms with van der Waals surface area (Å²) in [5, 5.41) is 3.08. The topological polar surface area (TPSA) is 47.6 Å². The van der Waals surface area contributed by atoms with Crippen molar-refractivity contribution < 1.29 is 14.3 Å². The fraction of sp³-hybridized carbons (Fsp3) is 0.227. The molecular weight excluding hydrogens is 358 g/mol. The lowest BCUT2D eigenvalue weighted by molar-refractivity contribution is -0.122. The van der Waals surface area contributed by atoms with Gasteiger partial charge in [0.2, 0.25) is 5.91 Å². The van der Waals surface area contributed by atoms with Gasteiger partial charge in [0, 0.05) is 34.5 Å². The van der Waals surface area contributed by atoms with Crippen molar-refractivity contribution >= 4 is 17.2 Å². The minimum absolute atomic E-state index is 0.0477. The number of ether oxygens (including phenoxy) is 2. The molecule has 4 rings (SSSR count). The predicted molar refractivity (Wildman–Crippen MR) is 107 cm³/mol. The van der Waals surface area contributed by atoms with Crippen LogP contribution >= 0.6 is 11.3 Å². The Hall–Kier alpha value is -2.63. The summed E-state index contributed by atoms with van der Waals surface area (Å²) in [5.74, 6) is 1.02. The van der Waals surface area contributed by atoms with Gasteiger partial charge in [0.15, 0.2) is 0 Å². The number of methoxy groups -OCH3 is 1. The summed E-state index contributed by atoms with van der Waals surface area (Å²) in [7, 11) is 1.67. The molecular formula is C22H21NO3S. The third-order valence-electron chi connectivity index (χ3n) is 4.77. The fourth-order valence-corrected chi connectivity index (χ4v) is 4.37. The highest BCUT2D eigenvalue weighted by atomic mass is 32.1. The second-order valence-corrected chi connectivity index (χ2v) is 7.85. The monoisotopic (exact) mass is 379 g/mol. The van der Waals surface area contributed by atoms with Gasteiger partial charge in [-0.2, -0.15) is 0 Å². The molecule has 0 saturated heterocycles. The minimum Gasteiger partial charge on any atom is -0.457 e. The zero-order valence-electron chi connectivity index (χ0n) is 15.3. The van der Waals surface area contributed by atoms with Crippen LogP contribution in [-0.4, -0.2) is 19.6 Å². The van der Waals surface area contributed by atoms with Gasteiger partial charge in [-0.25, -0.2) is 0 Å². The Balaban J connectivity index is 1.58. The number of carbonyl (C=O) groups excluding carboxylic acids is 1. The molecule has 1 N–H and O–H groups in total. The largest absolute Gasteiger partial charge is 0.457 e. The number of carbonyl (C=O) groups is 1. The third kappa shape index (κ3) is 3.48. The van der Waals surface area contributed by atoms with Gasteiger partial charge in [-0.1, -0.05) is 36.4 Å². The highest BCUT2D eigenvalue weighted by Gasteiger charge is 2.32. The quantitative estimate of drug-likeness (QED) is 0.693. The Bertz CT molecular complexity index is 920. The molecule has 27 heavy (non-hydrogen) atoms. The first kappa shape index (κ1) is 17.8. The van der Waals surface area contributed by atoms with Crippen LogP contribution in [0.5, 0.6) is 11.5 Å². The van der Waals surface area contributed by atoms with Crippen molar-refractivity contribution in [1.82, 2.24) is 5.32 Å². The fourth-order valence-electron chi connectivity index (χ4n) is 3.41. The Labute approximate surface area is 162 Å². The number of amides is 1. The molecule has 138 valence electrons. The van der Waals surface area contributed by atoms with Gasteiger partial charge in [-0.15, -0.1) is 11.3 Å². The summed E-state index contributed by atoms with van der Waals surface area (Å²) < 4.78 is 11.6. The van der Waals surface area contributed by atoms with E-state index in [0.717, 1.165) is 27.5 Å². The lowest BCUT2D eigenvalue weighted by Crippen LogP contribution is -2.34. The molecule has 3 aromatic rings. The summed E-state index contributed by atoms with van der Waals surface area (Å²) >= 11 is 1.69. The van der Waals surface area contributed by atoms with Crippen molar-refractivity contribution in [3.8, 4) is 11.5 Å². The molecule has 0 saturated carbocycles. The van der Waals surface area contributed by atoms with Gasteiger partial charge < -0.3 is 14.8 Å². The molecule has 1 amide bonds. The zero-order valence-corrected chi connectivity index (χ0v) is 16.1. The Morgan fingerprint density at radius 3 is 2.26 bits per heavy atom. The Morgan fingerprint density at radius 1 is 1.07 bits per heavy atom. The van der Waals surface area contributed by atoms with E-state index >= 15 is 0 Å². The van der Waals surface area contributed by atoms with Gasteiger partial charge in [-0.05, 0) is 31.2 Å².